The maximum atomic E-state index is 14.8. The fourth-order valence-electron chi connectivity index (χ4n) is 9.21. The molecule has 2 aromatic heterocycles. The maximum absolute atomic E-state index is 14.8. The molecule has 0 aliphatic heterocycles. The first-order chi connectivity index (χ1) is 42.0. The molecule has 0 radical (unpaired) electrons. The van der Waals surface area contributed by atoms with Crippen molar-refractivity contribution in [1.29, 1.82) is 0 Å². The molecule has 0 bridgehead atoms. The van der Waals surface area contributed by atoms with E-state index in [0.717, 1.165) is 0 Å². The number of aliphatic imine (C=N–C) groups is 1. The number of imidazole rings is 1. The number of rotatable bonds is 37. The smallest absolute Gasteiger partial charge is 0.326 e. The Labute approximate surface area is 512 Å². The second-order valence-electron chi connectivity index (χ2n) is 22.4. The molecule has 89 heavy (non-hydrogen) atoms. The van der Waals surface area contributed by atoms with E-state index >= 15 is 0 Å². The minimum atomic E-state index is -1.81. The van der Waals surface area contributed by atoms with Crippen molar-refractivity contribution in [3.8, 4) is 0 Å². The predicted molar refractivity (Wildman–Crippen MR) is 322 cm³/mol. The Morgan fingerprint density at radius 2 is 1.09 bits per heavy atom. The second kappa shape index (κ2) is 35.0. The van der Waals surface area contributed by atoms with Gasteiger partial charge in [-0.25, -0.2) is 9.78 Å². The molecule has 31 heteroatoms. The molecule has 0 fully saturated rings. The van der Waals surface area contributed by atoms with E-state index in [0.29, 0.717) is 27.7 Å². The van der Waals surface area contributed by atoms with Crippen LogP contribution in [-0.4, -0.2) is 175 Å². The number of aromatic amines is 2. The van der Waals surface area contributed by atoms with Crippen LogP contribution in [0.1, 0.15) is 90.5 Å². The van der Waals surface area contributed by atoms with Crippen LogP contribution in [-0.2, 0) is 76.8 Å². The first-order valence-electron chi connectivity index (χ1n) is 28.8. The minimum Gasteiger partial charge on any atom is -0.481 e. The zero-order valence-corrected chi connectivity index (χ0v) is 50.3. The molecule has 2 aromatic carbocycles. The number of hydrogen-bond donors (Lipinski definition) is 17. The van der Waals surface area contributed by atoms with Crippen molar-refractivity contribution in [2.45, 2.75) is 147 Å². The molecule has 0 saturated carbocycles. The summed E-state index contributed by atoms with van der Waals surface area (Å²) < 4.78 is 0. The zero-order valence-electron chi connectivity index (χ0n) is 50.3. The van der Waals surface area contributed by atoms with Crippen molar-refractivity contribution in [2.24, 2.45) is 39.9 Å². The third-order valence-corrected chi connectivity index (χ3v) is 13.8. The topological polar surface area (TPSA) is 509 Å². The van der Waals surface area contributed by atoms with E-state index in [-0.39, 0.29) is 56.9 Å². The quantitative estimate of drug-likeness (QED) is 0.0128. The van der Waals surface area contributed by atoms with E-state index in [9.17, 15) is 72.9 Å². The van der Waals surface area contributed by atoms with Crippen LogP contribution < -0.4 is 65.1 Å². The van der Waals surface area contributed by atoms with Gasteiger partial charge in [0.25, 0.3) is 0 Å². The lowest BCUT2D eigenvalue weighted by atomic mass is 9.98. The number of nitrogens with zero attached hydrogens (tertiary/aromatic N) is 2. The summed E-state index contributed by atoms with van der Waals surface area (Å²) in [6.07, 6.45) is 2.23. The van der Waals surface area contributed by atoms with E-state index in [1.54, 1.807) is 102 Å². The molecule has 0 aliphatic rings. The van der Waals surface area contributed by atoms with Gasteiger partial charge in [0.1, 0.15) is 48.3 Å². The summed E-state index contributed by atoms with van der Waals surface area (Å²) in [7, 11) is 0. The lowest BCUT2D eigenvalue weighted by Crippen LogP contribution is -2.61. The van der Waals surface area contributed by atoms with Crippen LogP contribution in [0.4, 0.5) is 0 Å². The molecule has 9 amide bonds. The van der Waals surface area contributed by atoms with Gasteiger partial charge in [0.05, 0.1) is 31.8 Å². The number of nitrogens with one attached hydrogen (secondary N) is 11. The summed E-state index contributed by atoms with van der Waals surface area (Å²) in [5.74, 6) is -14.3. The number of nitrogens with two attached hydrogens (primary N) is 3. The monoisotopic (exact) mass is 1240 g/mol. The number of fused-ring (bicyclic) bond motifs is 1. The van der Waals surface area contributed by atoms with Gasteiger partial charge in [-0.1, -0.05) is 90.1 Å². The van der Waals surface area contributed by atoms with E-state index in [1.807, 2.05) is 0 Å². The average Bonchev–Trinajstić information content (AvgIpc) is 2.49. The number of H-pyrrole nitrogens is 2. The van der Waals surface area contributed by atoms with Gasteiger partial charge in [-0.2, -0.15) is 0 Å². The molecule has 20 N–H and O–H groups in total. The van der Waals surface area contributed by atoms with Crippen molar-refractivity contribution < 1.29 is 72.9 Å². The molecule has 31 nitrogen and oxygen atoms in total. The second-order valence-corrected chi connectivity index (χ2v) is 22.4. The fraction of sp³-hybridized carbons (Fsp3) is 0.483. The van der Waals surface area contributed by atoms with Crippen LogP contribution in [0.3, 0.4) is 0 Å². The molecule has 4 rings (SSSR count). The summed E-state index contributed by atoms with van der Waals surface area (Å²) in [5, 5.41) is 51.6. The van der Waals surface area contributed by atoms with Crippen molar-refractivity contribution in [2.75, 3.05) is 13.1 Å². The van der Waals surface area contributed by atoms with Crippen molar-refractivity contribution in [3.63, 3.8) is 0 Å². The Hall–Kier alpha value is -9.94. The Morgan fingerprint density at radius 1 is 0.562 bits per heavy atom. The number of aliphatic carboxylic acids is 3. The molecule has 484 valence electrons. The Bertz CT molecular complexity index is 3130. The number of benzene rings is 2. The van der Waals surface area contributed by atoms with Crippen LogP contribution in [0.25, 0.3) is 10.9 Å². The zero-order chi connectivity index (χ0) is 66.1. The number of carboxylic acid groups (broad SMARTS) is 3. The molecule has 9 atom stereocenters. The van der Waals surface area contributed by atoms with E-state index < -0.39 is 157 Å². The highest BCUT2D eigenvalue weighted by atomic mass is 16.4. The first kappa shape index (κ1) is 71.5. The van der Waals surface area contributed by atoms with Crippen LogP contribution in [0.2, 0.25) is 0 Å². The molecule has 0 aliphatic carbocycles. The molecular weight excluding hydrogens is 1160 g/mol. The highest BCUT2D eigenvalue weighted by Crippen LogP contribution is 2.20. The minimum absolute atomic E-state index is 0.0101. The van der Waals surface area contributed by atoms with E-state index in [2.05, 4.69) is 67.8 Å². The predicted octanol–water partition coefficient (Wildman–Crippen LogP) is -2.31. The van der Waals surface area contributed by atoms with Gasteiger partial charge in [-0.3, -0.25) is 57.7 Å². The van der Waals surface area contributed by atoms with E-state index in [4.69, 9.17) is 17.2 Å². The van der Waals surface area contributed by atoms with Gasteiger partial charge < -0.3 is 90.3 Å². The summed E-state index contributed by atoms with van der Waals surface area (Å²) in [5.41, 5.74) is 18.9. The molecule has 2 heterocycles. The fourth-order valence-corrected chi connectivity index (χ4v) is 9.21. The highest BCUT2D eigenvalue weighted by Gasteiger charge is 2.37. The first-order valence-corrected chi connectivity index (χ1v) is 28.8. The van der Waals surface area contributed by atoms with E-state index in [1.165, 1.54) is 12.5 Å². The number of carboxylic acids is 3. The molecule has 0 spiro atoms. The highest BCUT2D eigenvalue weighted by molar-refractivity contribution is 5.99. The summed E-state index contributed by atoms with van der Waals surface area (Å²) in [6.45, 7) is 9.12. The lowest BCUT2D eigenvalue weighted by molar-refractivity contribution is -0.147. The maximum Gasteiger partial charge on any atom is 0.326 e. The van der Waals surface area contributed by atoms with Gasteiger partial charge in [0.15, 0.2) is 5.96 Å². The largest absolute Gasteiger partial charge is 0.481 e. The van der Waals surface area contributed by atoms with Gasteiger partial charge in [0, 0.05) is 54.8 Å². The Balaban J connectivity index is 1.60. The van der Waals surface area contributed by atoms with Crippen LogP contribution in [0.15, 0.2) is 78.3 Å². The van der Waals surface area contributed by atoms with Gasteiger partial charge in [-0.15, -0.1) is 0 Å². The van der Waals surface area contributed by atoms with Crippen molar-refractivity contribution >= 4 is 87.9 Å². The molecule has 0 saturated heterocycles. The standard InChI is InChI=1S/C58H82N16O15/c1-29(2)19-39(69-51(82)38(17-12-18-63-58(60)61)68-49(80)36(59)23-45(76)77)52(83)70-41(21-33-25-64-37-16-11-10-15-35(33)37)53(84)71-42(22-34-26-62-28-66-34)50(81)65-27-44(75)67-40(20-32-13-8-7-9-14-32)54(85)73-48(31(5)6)56(87)74-47(30(3)4)55(86)72-43(57(88)89)24-46(78)79/h7-11,13-16,25-26,28-31,36,38-43,47-48,64H,12,17-24,27,59H2,1-6H3,(H,62,66)(H,65,81)(H,67,75)(H,68,80)(H,69,82)(H,70,83)(H,71,84)(H,72,86)(H,73,85)(H,74,87)(H,76,77)(H,78,79)(H,88,89)(H4,60,61,63)/t36-,38-,39-,40-,41-,42-,43-,47-,48-/m0/s1. The number of hydrogen-bond acceptors (Lipinski definition) is 15. The number of guanidine groups is 1. The van der Waals surface area contributed by atoms with Crippen molar-refractivity contribution in [3.05, 3.63) is 90.1 Å². The lowest BCUT2D eigenvalue weighted by Gasteiger charge is -2.29. The molecule has 0 unspecified atom stereocenters. The van der Waals surface area contributed by atoms with Gasteiger partial charge in [0.2, 0.25) is 53.2 Å². The summed E-state index contributed by atoms with van der Waals surface area (Å²) >= 11 is 0. The molecular formula is C58H82N16O15. The number of carbonyl (C=O) groups excluding carboxylic acids is 9. The van der Waals surface area contributed by atoms with Crippen molar-refractivity contribution in [1.82, 2.24) is 62.8 Å². The van der Waals surface area contributed by atoms with Crippen LogP contribution in [0.5, 0.6) is 0 Å². The Morgan fingerprint density at radius 3 is 1.67 bits per heavy atom. The summed E-state index contributed by atoms with van der Waals surface area (Å²) in [6, 6.07) is 2.50. The number of para-hydroxylation sites is 1. The third kappa shape index (κ3) is 24.0. The normalized spacial score (nSPS) is 14.2. The Kier molecular flexibility index (Phi) is 28.1. The van der Waals surface area contributed by atoms with Gasteiger partial charge in [-0.05, 0) is 54.2 Å². The summed E-state index contributed by atoms with van der Waals surface area (Å²) in [4.78, 5) is 174. The van der Waals surface area contributed by atoms with Crippen LogP contribution in [0, 0.1) is 17.8 Å². The third-order valence-electron chi connectivity index (χ3n) is 13.8. The molecule has 4 aromatic rings. The SMILES string of the molecule is CC(C)C[C@H](NC(=O)[C@H](CCCN=C(N)N)NC(=O)[C@@H](N)CC(=O)O)C(=O)N[C@@H](Cc1c[nH]c2ccccc12)C(=O)N[C@@H](Cc1cnc[nH]1)C(=O)NCC(=O)N[C@@H](Cc1ccccc1)C(=O)N[C@H](C(=O)N[C@H](C(=O)N[C@@H](CC(=O)O)C(=O)O)C(C)C)C(C)C. The number of aromatic nitrogens is 3. The average molecular weight is 1240 g/mol. The van der Waals surface area contributed by atoms with Crippen LogP contribution >= 0.6 is 0 Å². The van der Waals surface area contributed by atoms with Gasteiger partial charge >= 0.3 is 17.9 Å². The number of amides is 9. The number of carbonyl (C=O) groups is 12.